The van der Waals surface area contributed by atoms with Gasteiger partial charge in [-0.25, -0.2) is 19.6 Å². The van der Waals surface area contributed by atoms with Crippen LogP contribution in [-0.2, 0) is 9.47 Å². The first-order valence-electron chi connectivity index (χ1n) is 9.38. The lowest BCUT2D eigenvalue weighted by atomic mass is 10.2. The number of hydrogen-bond acceptors (Lipinski definition) is 8. The van der Waals surface area contributed by atoms with Crippen molar-refractivity contribution in [3.8, 4) is 0 Å². The maximum atomic E-state index is 12.7. The maximum Gasteiger partial charge on any atom is 0.425 e. The molecule has 1 aromatic rings. The summed E-state index contributed by atoms with van der Waals surface area (Å²) in [6.45, 7) is 10.2. The van der Waals surface area contributed by atoms with Gasteiger partial charge in [0.15, 0.2) is 5.82 Å². The third-order valence-corrected chi connectivity index (χ3v) is 3.85. The summed E-state index contributed by atoms with van der Waals surface area (Å²) < 4.78 is 10.7. The summed E-state index contributed by atoms with van der Waals surface area (Å²) in [4.78, 5) is 34.3. The van der Waals surface area contributed by atoms with Gasteiger partial charge in [0.25, 0.3) is 0 Å². The molecule has 9 heteroatoms. The predicted octanol–water partition coefficient (Wildman–Crippen LogP) is 3.48. The van der Waals surface area contributed by atoms with Crippen molar-refractivity contribution < 1.29 is 24.2 Å². The first kappa shape index (κ1) is 21.9. The van der Waals surface area contributed by atoms with E-state index >= 15 is 0 Å². The predicted molar refractivity (Wildman–Crippen MR) is 104 cm³/mol. The van der Waals surface area contributed by atoms with Crippen molar-refractivity contribution in [3.05, 3.63) is 12.4 Å². The van der Waals surface area contributed by atoms with Crippen molar-refractivity contribution >= 4 is 23.8 Å². The fourth-order valence-electron chi connectivity index (χ4n) is 2.72. The van der Waals surface area contributed by atoms with Gasteiger partial charge in [0.1, 0.15) is 23.3 Å². The van der Waals surface area contributed by atoms with E-state index in [-0.39, 0.29) is 11.9 Å². The third-order valence-electron chi connectivity index (χ3n) is 3.85. The molecule has 2 atom stereocenters. The number of aliphatic hydroxyl groups excluding tert-OH is 1. The number of amides is 2. The SMILES string of the molecule is CC(C)(C)OC(=O)N(C(=O)OC(C)(C)C)c1cc(N[C@H]2CCC[C@@H]2O)ncn1. The summed E-state index contributed by atoms with van der Waals surface area (Å²) in [5.74, 6) is 0.418. The standard InChI is InChI=1S/C19H30N4O5/c1-18(2,3)27-16(25)23(17(26)28-19(4,5)6)15-10-14(20-11-21-15)22-12-8-7-9-13(12)24/h10-13,24H,7-9H2,1-6H3,(H,20,21,22)/t12-,13-/m0/s1. The average molecular weight is 394 g/mol. The Morgan fingerprint density at radius 2 is 1.64 bits per heavy atom. The van der Waals surface area contributed by atoms with E-state index in [1.165, 1.54) is 12.4 Å². The number of carbonyl (C=O) groups excluding carboxylic acids is 2. The first-order chi connectivity index (χ1) is 12.9. The van der Waals surface area contributed by atoms with Gasteiger partial charge >= 0.3 is 12.2 Å². The zero-order valence-corrected chi connectivity index (χ0v) is 17.4. The van der Waals surface area contributed by atoms with E-state index in [4.69, 9.17) is 9.47 Å². The minimum Gasteiger partial charge on any atom is -0.443 e. The van der Waals surface area contributed by atoms with Gasteiger partial charge in [0, 0.05) is 6.07 Å². The molecule has 0 radical (unpaired) electrons. The van der Waals surface area contributed by atoms with Crippen molar-refractivity contribution in [2.45, 2.75) is 84.2 Å². The molecule has 2 amide bonds. The van der Waals surface area contributed by atoms with E-state index in [1.54, 1.807) is 41.5 Å². The monoisotopic (exact) mass is 394 g/mol. The molecule has 1 fully saturated rings. The Morgan fingerprint density at radius 1 is 1.07 bits per heavy atom. The quantitative estimate of drug-likeness (QED) is 0.801. The highest BCUT2D eigenvalue weighted by Crippen LogP contribution is 2.25. The van der Waals surface area contributed by atoms with Crippen LogP contribution in [0.2, 0.25) is 0 Å². The number of nitrogens with one attached hydrogen (secondary N) is 1. The fourth-order valence-corrected chi connectivity index (χ4v) is 2.72. The molecule has 9 nitrogen and oxygen atoms in total. The largest absolute Gasteiger partial charge is 0.443 e. The van der Waals surface area contributed by atoms with Gasteiger partial charge in [-0.2, -0.15) is 4.90 Å². The third kappa shape index (κ3) is 6.33. The fraction of sp³-hybridized carbons (Fsp3) is 0.684. The van der Waals surface area contributed by atoms with Crippen LogP contribution in [0.5, 0.6) is 0 Å². The van der Waals surface area contributed by atoms with Gasteiger partial charge < -0.3 is 19.9 Å². The number of carbonyl (C=O) groups is 2. The maximum absolute atomic E-state index is 12.7. The molecule has 1 heterocycles. The van der Waals surface area contributed by atoms with Crippen molar-refractivity contribution in [1.29, 1.82) is 0 Å². The Kier molecular flexibility index (Phi) is 6.48. The van der Waals surface area contributed by atoms with E-state index in [0.29, 0.717) is 5.82 Å². The molecule has 1 aromatic heterocycles. The van der Waals surface area contributed by atoms with Gasteiger partial charge in [-0.3, -0.25) is 0 Å². The second kappa shape index (κ2) is 8.30. The normalized spacial score (nSPS) is 19.8. The molecule has 28 heavy (non-hydrogen) atoms. The van der Waals surface area contributed by atoms with Crippen LogP contribution in [0.25, 0.3) is 0 Å². The number of nitrogens with zero attached hydrogens (tertiary/aromatic N) is 3. The van der Waals surface area contributed by atoms with Gasteiger partial charge in [0.05, 0.1) is 12.1 Å². The van der Waals surface area contributed by atoms with Crippen LogP contribution in [0.4, 0.5) is 21.2 Å². The molecule has 0 aliphatic heterocycles. The van der Waals surface area contributed by atoms with Crippen molar-refractivity contribution in [2.24, 2.45) is 0 Å². The lowest BCUT2D eigenvalue weighted by Gasteiger charge is -2.28. The van der Waals surface area contributed by atoms with Gasteiger partial charge in [-0.15, -0.1) is 0 Å². The van der Waals surface area contributed by atoms with Gasteiger partial charge in [0.2, 0.25) is 0 Å². The van der Waals surface area contributed by atoms with Crippen molar-refractivity contribution in [3.63, 3.8) is 0 Å². The number of hydrogen-bond donors (Lipinski definition) is 2. The number of aromatic nitrogens is 2. The molecule has 2 N–H and O–H groups in total. The minimum absolute atomic E-state index is 0.0217. The highest BCUT2D eigenvalue weighted by atomic mass is 16.6. The zero-order chi connectivity index (χ0) is 21.1. The average Bonchev–Trinajstić information content (AvgIpc) is 2.89. The van der Waals surface area contributed by atoms with Gasteiger partial charge in [-0.1, -0.05) is 0 Å². The van der Waals surface area contributed by atoms with Crippen LogP contribution < -0.4 is 10.2 Å². The molecule has 1 aliphatic rings. The highest BCUT2D eigenvalue weighted by molar-refractivity contribution is 6.08. The van der Waals surface area contributed by atoms with E-state index in [9.17, 15) is 14.7 Å². The number of ether oxygens (including phenoxy) is 2. The molecule has 0 aromatic carbocycles. The van der Waals surface area contributed by atoms with E-state index in [1.807, 2.05) is 0 Å². The Labute approximate surface area is 165 Å². The summed E-state index contributed by atoms with van der Waals surface area (Å²) in [6, 6.07) is 1.32. The number of anilines is 2. The van der Waals surface area contributed by atoms with Crippen LogP contribution >= 0.6 is 0 Å². The van der Waals surface area contributed by atoms with Crippen molar-refractivity contribution in [1.82, 2.24) is 9.97 Å². The molecule has 1 saturated carbocycles. The Morgan fingerprint density at radius 3 is 2.11 bits per heavy atom. The summed E-state index contributed by atoms with van der Waals surface area (Å²) >= 11 is 0. The molecule has 0 bridgehead atoms. The highest BCUT2D eigenvalue weighted by Gasteiger charge is 2.34. The van der Waals surface area contributed by atoms with Crippen LogP contribution in [-0.4, -0.2) is 50.6 Å². The summed E-state index contributed by atoms with van der Waals surface area (Å²) in [6.07, 6.45) is 1.42. The topological polar surface area (TPSA) is 114 Å². The zero-order valence-electron chi connectivity index (χ0n) is 17.4. The molecule has 2 rings (SSSR count). The second-order valence-electron chi connectivity index (χ2n) is 8.81. The molecular weight excluding hydrogens is 364 g/mol. The van der Waals surface area contributed by atoms with E-state index in [0.717, 1.165) is 24.2 Å². The van der Waals surface area contributed by atoms with Crippen LogP contribution in [0.15, 0.2) is 12.4 Å². The lowest BCUT2D eigenvalue weighted by molar-refractivity contribution is 0.0429. The summed E-state index contributed by atoms with van der Waals surface area (Å²) in [7, 11) is 0. The molecular formula is C19H30N4O5. The van der Waals surface area contributed by atoms with Crippen LogP contribution in [0.1, 0.15) is 60.8 Å². The first-order valence-corrected chi connectivity index (χ1v) is 9.38. The summed E-state index contributed by atoms with van der Waals surface area (Å²) in [5, 5.41) is 13.1. The minimum atomic E-state index is -0.896. The smallest absolute Gasteiger partial charge is 0.425 e. The van der Waals surface area contributed by atoms with E-state index < -0.39 is 29.5 Å². The number of imide groups is 1. The molecule has 0 unspecified atom stereocenters. The second-order valence-corrected chi connectivity index (χ2v) is 8.81. The lowest BCUT2D eigenvalue weighted by Crippen LogP contribution is -2.44. The summed E-state index contributed by atoms with van der Waals surface area (Å²) in [5.41, 5.74) is -1.61. The Bertz CT molecular complexity index is 683. The number of aliphatic hydroxyl groups is 1. The van der Waals surface area contributed by atoms with Crippen LogP contribution in [0, 0.1) is 0 Å². The molecule has 0 spiro atoms. The molecule has 1 aliphatic carbocycles. The molecule has 156 valence electrons. The van der Waals surface area contributed by atoms with E-state index in [2.05, 4.69) is 15.3 Å². The van der Waals surface area contributed by atoms with Crippen LogP contribution in [0.3, 0.4) is 0 Å². The molecule has 0 saturated heterocycles. The Balaban J connectivity index is 2.30. The van der Waals surface area contributed by atoms with Crippen molar-refractivity contribution in [2.75, 3.05) is 10.2 Å². The Hall–Kier alpha value is -2.42. The number of rotatable bonds is 3. The van der Waals surface area contributed by atoms with Gasteiger partial charge in [-0.05, 0) is 60.8 Å².